The molecule has 1 aromatic carbocycles. The van der Waals surface area contributed by atoms with Gasteiger partial charge in [0.1, 0.15) is 4.90 Å². The van der Waals surface area contributed by atoms with E-state index in [1.807, 2.05) is 0 Å². The molecule has 0 spiro atoms. The first-order valence-corrected chi connectivity index (χ1v) is 7.36. The molecule has 8 heteroatoms. The smallest absolute Gasteiger partial charge is 0.264 e. The number of benzene rings is 1. The molecule has 0 fully saturated rings. The van der Waals surface area contributed by atoms with Gasteiger partial charge in [-0.2, -0.15) is 0 Å². The van der Waals surface area contributed by atoms with Gasteiger partial charge in [-0.25, -0.2) is 12.8 Å². The number of nitrogens with two attached hydrogens (primary N) is 1. The van der Waals surface area contributed by atoms with E-state index in [4.69, 9.17) is 17.3 Å². The number of sulfonamides is 1. The molecular weight excluding hydrogens is 305 g/mol. The number of nitrogens with zero attached hydrogens (tertiary/aromatic N) is 1. The first-order valence-electron chi connectivity index (χ1n) is 5.49. The number of aromatic nitrogens is 1. The van der Waals surface area contributed by atoms with E-state index in [2.05, 4.69) is 9.71 Å². The van der Waals surface area contributed by atoms with Crippen molar-refractivity contribution in [1.82, 2.24) is 4.98 Å². The monoisotopic (exact) mass is 315 g/mol. The van der Waals surface area contributed by atoms with Crippen LogP contribution in [-0.4, -0.2) is 13.4 Å². The van der Waals surface area contributed by atoms with Crippen molar-refractivity contribution < 1.29 is 12.8 Å². The Morgan fingerprint density at radius 1 is 1.35 bits per heavy atom. The highest BCUT2D eigenvalue weighted by Crippen LogP contribution is 2.27. The Kier molecular flexibility index (Phi) is 3.82. The highest BCUT2D eigenvalue weighted by molar-refractivity contribution is 7.92. The van der Waals surface area contributed by atoms with E-state index >= 15 is 0 Å². The zero-order valence-electron chi connectivity index (χ0n) is 10.4. The molecule has 0 amide bonds. The Labute approximate surface area is 120 Å². The highest BCUT2D eigenvalue weighted by atomic mass is 35.5. The standard InChI is InChI=1S/C12H11ClFN3O2S/c1-7-2-3-9(6-16-7)17-20(18,19)11-5-8(15)4-10(13)12(11)14/h2-6,17H,15H2,1H3. The number of halogens is 2. The first kappa shape index (κ1) is 14.5. The molecule has 2 aromatic rings. The van der Waals surface area contributed by atoms with Crippen LogP contribution in [0, 0.1) is 12.7 Å². The quantitative estimate of drug-likeness (QED) is 0.852. The summed E-state index contributed by atoms with van der Waals surface area (Å²) in [6, 6.07) is 5.29. The molecule has 0 bridgehead atoms. The Balaban J connectivity index is 2.43. The second-order valence-corrected chi connectivity index (χ2v) is 6.17. The average Bonchev–Trinajstić information content (AvgIpc) is 2.36. The number of aryl methyl sites for hydroxylation is 1. The van der Waals surface area contributed by atoms with Crippen molar-refractivity contribution in [3.63, 3.8) is 0 Å². The lowest BCUT2D eigenvalue weighted by molar-refractivity contribution is 0.571. The van der Waals surface area contributed by atoms with Crippen LogP contribution in [0.5, 0.6) is 0 Å². The summed E-state index contributed by atoms with van der Waals surface area (Å²) >= 11 is 5.59. The zero-order chi connectivity index (χ0) is 14.9. The maximum Gasteiger partial charge on any atom is 0.264 e. The summed E-state index contributed by atoms with van der Waals surface area (Å²) in [6.07, 6.45) is 1.33. The van der Waals surface area contributed by atoms with Gasteiger partial charge in [-0.1, -0.05) is 11.6 Å². The first-order chi connectivity index (χ1) is 9.29. The highest BCUT2D eigenvalue weighted by Gasteiger charge is 2.22. The van der Waals surface area contributed by atoms with Crippen LogP contribution in [-0.2, 0) is 10.0 Å². The third-order valence-electron chi connectivity index (χ3n) is 2.47. The normalized spacial score (nSPS) is 11.3. The van der Waals surface area contributed by atoms with Gasteiger partial charge in [-0.15, -0.1) is 0 Å². The zero-order valence-corrected chi connectivity index (χ0v) is 12.0. The Morgan fingerprint density at radius 2 is 2.05 bits per heavy atom. The second-order valence-electron chi connectivity index (χ2n) is 4.11. The predicted molar refractivity (Wildman–Crippen MR) is 75.6 cm³/mol. The Hall–Kier alpha value is -1.86. The fourth-order valence-electron chi connectivity index (χ4n) is 1.52. The van der Waals surface area contributed by atoms with Gasteiger partial charge < -0.3 is 5.73 Å². The SMILES string of the molecule is Cc1ccc(NS(=O)(=O)c2cc(N)cc(Cl)c2F)cn1. The van der Waals surface area contributed by atoms with Gasteiger partial charge in [-0.3, -0.25) is 9.71 Å². The van der Waals surface area contributed by atoms with Crippen molar-refractivity contribution in [1.29, 1.82) is 0 Å². The fraction of sp³-hybridized carbons (Fsp3) is 0.0833. The summed E-state index contributed by atoms with van der Waals surface area (Å²) < 4.78 is 40.3. The number of rotatable bonds is 3. The Bertz CT molecular complexity index is 748. The maximum absolute atomic E-state index is 13.8. The third kappa shape index (κ3) is 3.00. The van der Waals surface area contributed by atoms with E-state index in [-0.39, 0.29) is 16.4 Å². The number of anilines is 2. The van der Waals surface area contributed by atoms with Gasteiger partial charge in [-0.05, 0) is 31.2 Å². The number of nitrogen functional groups attached to an aromatic ring is 1. The van der Waals surface area contributed by atoms with Crippen LogP contribution >= 0.6 is 11.6 Å². The van der Waals surface area contributed by atoms with Gasteiger partial charge >= 0.3 is 0 Å². The van der Waals surface area contributed by atoms with Gasteiger partial charge in [0.05, 0.1) is 16.9 Å². The molecule has 1 aromatic heterocycles. The van der Waals surface area contributed by atoms with Gasteiger partial charge in [0, 0.05) is 11.4 Å². The van der Waals surface area contributed by atoms with E-state index in [0.717, 1.165) is 17.8 Å². The van der Waals surface area contributed by atoms with E-state index in [9.17, 15) is 12.8 Å². The molecule has 0 aliphatic rings. The topological polar surface area (TPSA) is 85.1 Å². The minimum absolute atomic E-state index is 0.0545. The average molecular weight is 316 g/mol. The van der Waals surface area contributed by atoms with E-state index in [1.165, 1.54) is 12.3 Å². The van der Waals surface area contributed by atoms with E-state index < -0.39 is 20.7 Å². The number of hydrogen-bond donors (Lipinski definition) is 2. The molecular formula is C12H11ClFN3O2S. The molecule has 0 aliphatic carbocycles. The number of hydrogen-bond acceptors (Lipinski definition) is 4. The van der Waals surface area contributed by atoms with E-state index in [1.54, 1.807) is 13.0 Å². The molecule has 1 heterocycles. The summed E-state index contributed by atoms with van der Waals surface area (Å²) in [5.41, 5.74) is 6.48. The maximum atomic E-state index is 13.8. The summed E-state index contributed by atoms with van der Waals surface area (Å²) in [5, 5.41) is -0.354. The molecule has 106 valence electrons. The van der Waals surface area contributed by atoms with E-state index in [0.29, 0.717) is 0 Å². The van der Waals surface area contributed by atoms with Crippen molar-refractivity contribution in [2.24, 2.45) is 0 Å². The third-order valence-corrected chi connectivity index (χ3v) is 4.13. The number of nitrogens with one attached hydrogen (secondary N) is 1. The van der Waals surface area contributed by atoms with Gasteiger partial charge in [0.25, 0.3) is 10.0 Å². The van der Waals surface area contributed by atoms with Crippen LogP contribution in [0.2, 0.25) is 5.02 Å². The summed E-state index contributed by atoms with van der Waals surface area (Å²) in [6.45, 7) is 1.76. The van der Waals surface area contributed by atoms with Crippen LogP contribution in [0.3, 0.4) is 0 Å². The fourth-order valence-corrected chi connectivity index (χ4v) is 2.98. The Morgan fingerprint density at radius 3 is 2.65 bits per heavy atom. The van der Waals surface area contributed by atoms with Crippen molar-refractivity contribution in [2.75, 3.05) is 10.5 Å². The summed E-state index contributed by atoms with van der Waals surface area (Å²) in [7, 11) is -4.13. The molecule has 0 radical (unpaired) electrons. The van der Waals surface area contributed by atoms with Crippen molar-refractivity contribution in [3.8, 4) is 0 Å². The largest absolute Gasteiger partial charge is 0.399 e. The van der Waals surface area contributed by atoms with Crippen LogP contribution in [0.4, 0.5) is 15.8 Å². The molecule has 3 N–H and O–H groups in total. The van der Waals surface area contributed by atoms with Crippen LogP contribution in [0.1, 0.15) is 5.69 Å². The molecule has 2 rings (SSSR count). The van der Waals surface area contributed by atoms with Crippen LogP contribution in [0.15, 0.2) is 35.4 Å². The van der Waals surface area contributed by atoms with Crippen molar-refractivity contribution >= 4 is 33.0 Å². The minimum Gasteiger partial charge on any atom is -0.399 e. The van der Waals surface area contributed by atoms with Crippen molar-refractivity contribution in [2.45, 2.75) is 11.8 Å². The predicted octanol–water partition coefficient (Wildman–Crippen LogP) is 2.57. The van der Waals surface area contributed by atoms with Crippen molar-refractivity contribution in [3.05, 3.63) is 47.0 Å². The summed E-state index contributed by atoms with van der Waals surface area (Å²) in [5.74, 6) is -1.05. The molecule has 0 unspecified atom stereocenters. The molecule has 5 nitrogen and oxygen atoms in total. The molecule has 0 saturated heterocycles. The molecule has 0 aliphatic heterocycles. The molecule has 0 saturated carbocycles. The molecule has 0 atom stereocenters. The number of pyridine rings is 1. The van der Waals surface area contributed by atoms with Crippen LogP contribution < -0.4 is 10.5 Å². The minimum atomic E-state index is -4.13. The lowest BCUT2D eigenvalue weighted by Gasteiger charge is -2.10. The molecule has 20 heavy (non-hydrogen) atoms. The lowest BCUT2D eigenvalue weighted by Crippen LogP contribution is -2.15. The van der Waals surface area contributed by atoms with Gasteiger partial charge in [0.2, 0.25) is 0 Å². The summed E-state index contributed by atoms with van der Waals surface area (Å²) in [4.78, 5) is 3.33. The lowest BCUT2D eigenvalue weighted by atomic mass is 10.3. The second kappa shape index (κ2) is 5.26. The van der Waals surface area contributed by atoms with Gasteiger partial charge in [0.15, 0.2) is 5.82 Å². The van der Waals surface area contributed by atoms with Crippen LogP contribution in [0.25, 0.3) is 0 Å².